The Hall–Kier alpha value is -1.60. The van der Waals surface area contributed by atoms with Gasteiger partial charge in [0.15, 0.2) is 0 Å². The van der Waals surface area contributed by atoms with Crippen molar-refractivity contribution in [1.82, 2.24) is 5.32 Å². The van der Waals surface area contributed by atoms with Crippen LogP contribution in [0.2, 0.25) is 0 Å². The molecule has 7 heteroatoms. The second-order valence-corrected chi connectivity index (χ2v) is 6.71. The summed E-state index contributed by atoms with van der Waals surface area (Å²) in [5.41, 5.74) is -0.697. The number of carbonyl (C=O) groups excluding carboxylic acids is 1. The number of rotatable bonds is 3. The molecular weight excluding hydrogens is 327 g/mol. The molecule has 0 bridgehead atoms. The average Bonchev–Trinajstić information content (AvgIpc) is 2.96. The first-order valence-corrected chi connectivity index (χ1v) is 8.22. The van der Waals surface area contributed by atoms with E-state index in [0.29, 0.717) is 40.6 Å². The van der Waals surface area contributed by atoms with Gasteiger partial charge in [0, 0.05) is 24.5 Å². The fourth-order valence-corrected chi connectivity index (χ4v) is 3.57. The Morgan fingerprint density at radius 1 is 1.26 bits per heavy atom. The molecule has 1 aliphatic rings. The predicted octanol–water partition coefficient (Wildman–Crippen LogP) is 4.08. The Labute approximate surface area is 135 Å². The second kappa shape index (κ2) is 6.49. The van der Waals surface area contributed by atoms with E-state index in [1.807, 2.05) is 0 Å². The molecular formula is C16H16F3NO2S. The van der Waals surface area contributed by atoms with Crippen LogP contribution in [0.3, 0.4) is 0 Å². The fraction of sp³-hybridized carbons (Fsp3) is 0.438. The number of ether oxygens (including phenoxy) is 1. The van der Waals surface area contributed by atoms with Crippen LogP contribution < -0.4 is 5.32 Å². The third-order valence-corrected chi connectivity index (χ3v) is 5.07. The minimum atomic E-state index is -4.37. The van der Waals surface area contributed by atoms with Crippen molar-refractivity contribution < 1.29 is 22.7 Å². The molecule has 3 rings (SSSR count). The van der Waals surface area contributed by atoms with Crippen molar-refractivity contribution >= 4 is 27.3 Å². The lowest BCUT2D eigenvalue weighted by Gasteiger charge is -2.21. The molecule has 2 aromatic rings. The number of carbonyl (C=O) groups is 1. The quantitative estimate of drug-likeness (QED) is 0.912. The van der Waals surface area contributed by atoms with Crippen molar-refractivity contribution in [2.45, 2.75) is 19.0 Å². The lowest BCUT2D eigenvalue weighted by Crippen LogP contribution is -2.31. The maximum Gasteiger partial charge on any atom is 0.416 e. The molecule has 124 valence electrons. The SMILES string of the molecule is O=C(NCC1CCOCC1)c1cc2cc(C(F)(F)F)ccc2s1. The molecule has 1 N–H and O–H groups in total. The number of thiophene rings is 1. The number of halogens is 3. The van der Waals surface area contributed by atoms with Gasteiger partial charge in [0.2, 0.25) is 0 Å². The molecule has 0 saturated carbocycles. The normalized spacial score (nSPS) is 16.7. The lowest BCUT2D eigenvalue weighted by atomic mass is 10.0. The largest absolute Gasteiger partial charge is 0.416 e. The first-order chi connectivity index (χ1) is 10.9. The Kier molecular flexibility index (Phi) is 4.59. The zero-order chi connectivity index (χ0) is 16.4. The van der Waals surface area contributed by atoms with E-state index in [4.69, 9.17) is 4.74 Å². The highest BCUT2D eigenvalue weighted by molar-refractivity contribution is 7.20. The number of fused-ring (bicyclic) bond motifs is 1. The first kappa shape index (κ1) is 16.3. The Morgan fingerprint density at radius 2 is 2.00 bits per heavy atom. The number of benzene rings is 1. The zero-order valence-corrected chi connectivity index (χ0v) is 13.1. The highest BCUT2D eigenvalue weighted by Crippen LogP contribution is 2.34. The molecule has 0 aliphatic carbocycles. The molecule has 1 fully saturated rings. The number of alkyl halides is 3. The molecule has 0 unspecified atom stereocenters. The summed E-state index contributed by atoms with van der Waals surface area (Å²) in [6.07, 6.45) is -2.54. The maximum atomic E-state index is 12.7. The summed E-state index contributed by atoms with van der Waals surface area (Å²) < 4.78 is 44.1. The van der Waals surface area contributed by atoms with E-state index in [0.717, 1.165) is 25.0 Å². The van der Waals surface area contributed by atoms with E-state index < -0.39 is 11.7 Å². The van der Waals surface area contributed by atoms with Crippen LogP contribution in [0.25, 0.3) is 10.1 Å². The van der Waals surface area contributed by atoms with Crippen LogP contribution in [-0.2, 0) is 10.9 Å². The highest BCUT2D eigenvalue weighted by Gasteiger charge is 2.30. The summed E-state index contributed by atoms with van der Waals surface area (Å²) in [7, 11) is 0. The van der Waals surface area contributed by atoms with Gasteiger partial charge in [-0.05, 0) is 48.4 Å². The van der Waals surface area contributed by atoms with Crippen molar-refractivity contribution in [1.29, 1.82) is 0 Å². The van der Waals surface area contributed by atoms with Crippen LogP contribution in [-0.4, -0.2) is 25.7 Å². The van der Waals surface area contributed by atoms with E-state index in [1.54, 1.807) is 0 Å². The highest BCUT2D eigenvalue weighted by atomic mass is 32.1. The van der Waals surface area contributed by atoms with Gasteiger partial charge in [0.05, 0.1) is 10.4 Å². The summed E-state index contributed by atoms with van der Waals surface area (Å²) in [5, 5.41) is 3.31. The summed E-state index contributed by atoms with van der Waals surface area (Å²) in [4.78, 5) is 12.6. The molecule has 0 radical (unpaired) electrons. The summed E-state index contributed by atoms with van der Waals surface area (Å²) in [5.74, 6) is 0.171. The molecule has 1 aromatic heterocycles. The van der Waals surface area contributed by atoms with Gasteiger partial charge >= 0.3 is 6.18 Å². The van der Waals surface area contributed by atoms with E-state index in [1.165, 1.54) is 23.5 Å². The number of amides is 1. The molecule has 1 saturated heterocycles. The van der Waals surface area contributed by atoms with Gasteiger partial charge < -0.3 is 10.1 Å². The van der Waals surface area contributed by atoms with Crippen LogP contribution in [0.15, 0.2) is 24.3 Å². The van der Waals surface area contributed by atoms with Gasteiger partial charge in [-0.25, -0.2) is 0 Å². The number of nitrogens with one attached hydrogen (secondary N) is 1. The molecule has 0 spiro atoms. The van der Waals surface area contributed by atoms with Crippen molar-refractivity contribution in [2.75, 3.05) is 19.8 Å². The minimum absolute atomic E-state index is 0.230. The average molecular weight is 343 g/mol. The van der Waals surface area contributed by atoms with Crippen LogP contribution in [0.4, 0.5) is 13.2 Å². The minimum Gasteiger partial charge on any atom is -0.381 e. The van der Waals surface area contributed by atoms with Gasteiger partial charge in [-0.3, -0.25) is 4.79 Å². The van der Waals surface area contributed by atoms with E-state index >= 15 is 0 Å². The molecule has 0 atom stereocenters. The second-order valence-electron chi connectivity index (χ2n) is 5.63. The molecule has 1 aliphatic heterocycles. The van der Waals surface area contributed by atoms with Crippen LogP contribution in [0.1, 0.15) is 28.1 Å². The molecule has 3 nitrogen and oxygen atoms in total. The zero-order valence-electron chi connectivity index (χ0n) is 12.3. The molecule has 1 amide bonds. The van der Waals surface area contributed by atoms with E-state index in [-0.39, 0.29) is 5.91 Å². The Bertz CT molecular complexity index is 705. The van der Waals surface area contributed by atoms with Crippen molar-refractivity contribution in [2.24, 2.45) is 5.92 Å². The third-order valence-electron chi connectivity index (χ3n) is 3.96. The van der Waals surface area contributed by atoms with Crippen LogP contribution in [0.5, 0.6) is 0 Å². The maximum absolute atomic E-state index is 12.7. The smallest absolute Gasteiger partial charge is 0.381 e. The Morgan fingerprint density at radius 3 is 2.70 bits per heavy atom. The lowest BCUT2D eigenvalue weighted by molar-refractivity contribution is -0.137. The molecule has 1 aromatic carbocycles. The van der Waals surface area contributed by atoms with Gasteiger partial charge in [-0.1, -0.05) is 0 Å². The van der Waals surface area contributed by atoms with Crippen molar-refractivity contribution in [3.63, 3.8) is 0 Å². The van der Waals surface area contributed by atoms with E-state index in [2.05, 4.69) is 5.32 Å². The predicted molar refractivity (Wildman–Crippen MR) is 82.7 cm³/mol. The third kappa shape index (κ3) is 3.84. The van der Waals surface area contributed by atoms with E-state index in [9.17, 15) is 18.0 Å². The standard InChI is InChI=1S/C16H16F3NO2S/c17-16(18,19)12-1-2-13-11(7-12)8-14(23-13)15(21)20-9-10-3-5-22-6-4-10/h1-2,7-8,10H,3-6,9H2,(H,20,21). The van der Waals surface area contributed by atoms with Crippen molar-refractivity contribution in [3.8, 4) is 0 Å². The Balaban J connectivity index is 1.70. The van der Waals surface area contributed by atoms with Crippen molar-refractivity contribution in [3.05, 3.63) is 34.7 Å². The van der Waals surface area contributed by atoms with Gasteiger partial charge in [0.1, 0.15) is 0 Å². The number of hydrogen-bond acceptors (Lipinski definition) is 3. The van der Waals surface area contributed by atoms with Crippen LogP contribution in [0, 0.1) is 5.92 Å². The number of hydrogen-bond donors (Lipinski definition) is 1. The summed E-state index contributed by atoms with van der Waals surface area (Å²) >= 11 is 1.21. The van der Waals surface area contributed by atoms with Gasteiger partial charge in [0.25, 0.3) is 5.91 Å². The van der Waals surface area contributed by atoms with Crippen LogP contribution >= 0.6 is 11.3 Å². The first-order valence-electron chi connectivity index (χ1n) is 7.40. The topological polar surface area (TPSA) is 38.3 Å². The monoisotopic (exact) mass is 343 g/mol. The fourth-order valence-electron chi connectivity index (χ4n) is 2.61. The summed E-state index contributed by atoms with van der Waals surface area (Å²) in [6, 6.07) is 5.07. The van der Waals surface area contributed by atoms with Gasteiger partial charge in [-0.2, -0.15) is 13.2 Å². The molecule has 2 heterocycles. The molecule has 23 heavy (non-hydrogen) atoms. The van der Waals surface area contributed by atoms with Gasteiger partial charge in [-0.15, -0.1) is 11.3 Å². The summed E-state index contributed by atoms with van der Waals surface area (Å²) in [6.45, 7) is 2.00.